The summed E-state index contributed by atoms with van der Waals surface area (Å²) in [7, 11) is 0. The number of anilines is 1. The van der Waals surface area contributed by atoms with E-state index in [1.165, 1.54) is 18.6 Å². The number of nitrogens with two attached hydrogens (primary N) is 1. The van der Waals surface area contributed by atoms with Crippen molar-refractivity contribution >= 4 is 28.3 Å². The average molecular weight is 491 g/mol. The molecule has 6 nitrogen and oxygen atoms in total. The molecule has 0 radical (unpaired) electrons. The molecule has 0 saturated carbocycles. The van der Waals surface area contributed by atoms with Crippen molar-refractivity contribution < 1.29 is 14.0 Å². The van der Waals surface area contributed by atoms with Gasteiger partial charge in [-0.2, -0.15) is 0 Å². The topological polar surface area (TPSA) is 88.3 Å². The number of hydrogen-bond acceptors (Lipinski definition) is 5. The van der Waals surface area contributed by atoms with Crippen molar-refractivity contribution in [3.63, 3.8) is 0 Å². The molecule has 4 rings (SSSR count). The Bertz CT molecular complexity index is 1200. The maximum atomic E-state index is 13.4. The van der Waals surface area contributed by atoms with Crippen LogP contribution in [0.4, 0.5) is 10.2 Å². The van der Waals surface area contributed by atoms with Gasteiger partial charge in [-0.25, -0.2) is 9.37 Å². The molecule has 2 aromatic carbocycles. The first-order valence-electron chi connectivity index (χ1n) is 12.8. The molecule has 1 aliphatic rings. The van der Waals surface area contributed by atoms with Crippen LogP contribution < -0.4 is 11.1 Å². The molecule has 3 aromatic rings. The summed E-state index contributed by atoms with van der Waals surface area (Å²) in [5, 5.41) is 4.86. The van der Waals surface area contributed by atoms with Crippen molar-refractivity contribution in [2.75, 3.05) is 12.3 Å². The summed E-state index contributed by atoms with van der Waals surface area (Å²) < 4.78 is 13.4. The molecule has 1 aromatic heterocycles. The Morgan fingerprint density at radius 2 is 1.78 bits per heavy atom. The van der Waals surface area contributed by atoms with E-state index in [1.54, 1.807) is 18.3 Å². The van der Waals surface area contributed by atoms with E-state index in [0.29, 0.717) is 30.7 Å². The molecule has 0 spiro atoms. The number of pyridine rings is 1. The maximum absolute atomic E-state index is 13.4. The van der Waals surface area contributed by atoms with Crippen molar-refractivity contribution in [1.29, 1.82) is 0 Å². The Balaban J connectivity index is 1.44. The number of Topliss-reactive ketones (excluding diaryl/α,β-unsaturated/α-hetero) is 1. The van der Waals surface area contributed by atoms with E-state index in [0.717, 1.165) is 34.7 Å². The fraction of sp³-hybridized carbons (Fsp3) is 0.414. The fourth-order valence-corrected chi connectivity index (χ4v) is 5.14. The van der Waals surface area contributed by atoms with Crippen LogP contribution in [-0.4, -0.2) is 46.2 Å². The lowest BCUT2D eigenvalue weighted by atomic mass is 9.96. The van der Waals surface area contributed by atoms with Crippen molar-refractivity contribution in [2.24, 2.45) is 0 Å². The van der Waals surface area contributed by atoms with Crippen LogP contribution >= 0.6 is 0 Å². The van der Waals surface area contributed by atoms with Crippen LogP contribution in [0, 0.1) is 5.82 Å². The molecule has 0 aliphatic carbocycles. The Labute approximate surface area is 212 Å². The second-order valence-corrected chi connectivity index (χ2v) is 9.97. The molecule has 0 unspecified atom stereocenters. The SMILES string of the molecule is C[C@@H]1CCC[C@H](C)N1CC(=O)N[C@@H](Cc1ccc(F)cc1)C(=O)CCc1ccc2c(N)nccc2c1. The number of nitrogen functional groups attached to an aromatic ring is 1. The maximum Gasteiger partial charge on any atom is 0.234 e. The van der Waals surface area contributed by atoms with Gasteiger partial charge < -0.3 is 11.1 Å². The zero-order valence-electron chi connectivity index (χ0n) is 21.0. The molecule has 1 aliphatic heterocycles. The van der Waals surface area contributed by atoms with Crippen molar-refractivity contribution in [1.82, 2.24) is 15.2 Å². The van der Waals surface area contributed by atoms with Gasteiger partial charge in [0.1, 0.15) is 11.6 Å². The number of carbonyl (C=O) groups is 2. The van der Waals surface area contributed by atoms with E-state index < -0.39 is 6.04 Å². The van der Waals surface area contributed by atoms with Gasteiger partial charge in [0.2, 0.25) is 5.91 Å². The number of likely N-dealkylation sites (tertiary alicyclic amines) is 1. The predicted octanol–water partition coefficient (Wildman–Crippen LogP) is 4.45. The fourth-order valence-electron chi connectivity index (χ4n) is 5.14. The molecule has 1 saturated heterocycles. The van der Waals surface area contributed by atoms with Gasteiger partial charge in [-0.1, -0.05) is 36.8 Å². The van der Waals surface area contributed by atoms with Crippen LogP contribution in [0.3, 0.4) is 0 Å². The molecule has 7 heteroatoms. The molecular weight excluding hydrogens is 455 g/mol. The van der Waals surface area contributed by atoms with E-state index in [4.69, 9.17) is 5.73 Å². The van der Waals surface area contributed by atoms with E-state index in [9.17, 15) is 14.0 Å². The Kier molecular flexibility index (Phi) is 8.31. The third kappa shape index (κ3) is 6.46. The number of amides is 1. The second kappa shape index (κ2) is 11.6. The van der Waals surface area contributed by atoms with Crippen molar-refractivity contribution in [3.05, 3.63) is 71.7 Å². The van der Waals surface area contributed by atoms with E-state index in [-0.39, 0.29) is 30.5 Å². The Morgan fingerprint density at radius 1 is 1.08 bits per heavy atom. The van der Waals surface area contributed by atoms with Crippen LogP contribution in [0.1, 0.15) is 50.7 Å². The minimum Gasteiger partial charge on any atom is -0.383 e. The lowest BCUT2D eigenvalue weighted by molar-refractivity contribution is -0.129. The summed E-state index contributed by atoms with van der Waals surface area (Å²) in [6.45, 7) is 4.57. The zero-order valence-corrected chi connectivity index (χ0v) is 21.0. The summed E-state index contributed by atoms with van der Waals surface area (Å²) in [6.07, 6.45) is 6.15. The van der Waals surface area contributed by atoms with Crippen molar-refractivity contribution in [2.45, 2.75) is 70.5 Å². The highest BCUT2D eigenvalue weighted by atomic mass is 19.1. The minimum absolute atomic E-state index is 0.0400. The summed E-state index contributed by atoms with van der Waals surface area (Å²) in [6, 6.07) is 13.9. The largest absolute Gasteiger partial charge is 0.383 e. The standard InChI is InChI=1S/C29H35FN4O2/c1-19-4-3-5-20(2)34(19)18-28(36)33-26(17-22-6-10-24(30)11-7-22)27(35)13-9-21-8-12-25-23(16-21)14-15-32-29(25)31/h6-8,10-12,14-16,19-20,26H,3-5,9,13,17-18H2,1-2H3,(H2,31,32)(H,33,36)/t19-,20+,26-/m0/s1. The van der Waals surface area contributed by atoms with Gasteiger partial charge in [-0.05, 0) is 74.2 Å². The molecule has 3 atom stereocenters. The third-order valence-corrected chi connectivity index (χ3v) is 7.30. The Morgan fingerprint density at radius 3 is 2.50 bits per heavy atom. The number of nitrogens with zero attached hydrogens (tertiary/aromatic N) is 2. The molecule has 3 N–H and O–H groups in total. The van der Waals surface area contributed by atoms with Crippen LogP contribution in [-0.2, 0) is 22.4 Å². The first-order chi connectivity index (χ1) is 17.3. The van der Waals surface area contributed by atoms with E-state index in [2.05, 4.69) is 29.0 Å². The molecule has 1 fully saturated rings. The van der Waals surface area contributed by atoms with Gasteiger partial charge in [0.05, 0.1) is 12.6 Å². The van der Waals surface area contributed by atoms with Gasteiger partial charge in [0.25, 0.3) is 0 Å². The van der Waals surface area contributed by atoms with Crippen LogP contribution in [0.15, 0.2) is 54.7 Å². The van der Waals surface area contributed by atoms with Crippen LogP contribution in [0.25, 0.3) is 10.8 Å². The number of aromatic nitrogens is 1. The van der Waals surface area contributed by atoms with Gasteiger partial charge in [0.15, 0.2) is 5.78 Å². The summed E-state index contributed by atoms with van der Waals surface area (Å²) in [4.78, 5) is 32.7. The van der Waals surface area contributed by atoms with Crippen molar-refractivity contribution in [3.8, 4) is 0 Å². The summed E-state index contributed by atoms with van der Waals surface area (Å²) >= 11 is 0. The first kappa shape index (κ1) is 25.8. The molecule has 190 valence electrons. The summed E-state index contributed by atoms with van der Waals surface area (Å²) in [5.41, 5.74) is 7.78. The highest BCUT2D eigenvalue weighted by Crippen LogP contribution is 2.23. The number of benzene rings is 2. The number of piperidine rings is 1. The number of rotatable bonds is 9. The number of ketones is 1. The number of aryl methyl sites for hydroxylation is 1. The van der Waals surface area contributed by atoms with Gasteiger partial charge in [0, 0.05) is 30.1 Å². The minimum atomic E-state index is -0.668. The average Bonchev–Trinajstić information content (AvgIpc) is 2.86. The quantitative estimate of drug-likeness (QED) is 0.463. The molecule has 2 heterocycles. The monoisotopic (exact) mass is 490 g/mol. The Hall–Kier alpha value is -3.32. The second-order valence-electron chi connectivity index (χ2n) is 9.97. The number of hydrogen-bond donors (Lipinski definition) is 2. The first-order valence-corrected chi connectivity index (χ1v) is 12.8. The van der Waals surface area contributed by atoms with E-state index in [1.807, 2.05) is 24.3 Å². The molecule has 36 heavy (non-hydrogen) atoms. The number of fused-ring (bicyclic) bond motifs is 1. The van der Waals surface area contributed by atoms with Crippen LogP contribution in [0.2, 0.25) is 0 Å². The highest BCUT2D eigenvalue weighted by molar-refractivity contribution is 5.92. The van der Waals surface area contributed by atoms with Gasteiger partial charge >= 0.3 is 0 Å². The highest BCUT2D eigenvalue weighted by Gasteiger charge is 2.28. The number of halogens is 1. The molecular formula is C29H35FN4O2. The third-order valence-electron chi connectivity index (χ3n) is 7.30. The van der Waals surface area contributed by atoms with Gasteiger partial charge in [-0.15, -0.1) is 0 Å². The van der Waals surface area contributed by atoms with E-state index >= 15 is 0 Å². The summed E-state index contributed by atoms with van der Waals surface area (Å²) in [5.74, 6) is -0.0353. The van der Waals surface area contributed by atoms with Gasteiger partial charge in [-0.3, -0.25) is 14.5 Å². The number of nitrogens with one attached hydrogen (secondary N) is 1. The predicted molar refractivity (Wildman–Crippen MR) is 141 cm³/mol. The normalized spacial score (nSPS) is 19.2. The lowest BCUT2D eigenvalue weighted by Crippen LogP contribution is -2.51. The zero-order chi connectivity index (χ0) is 25.7. The lowest BCUT2D eigenvalue weighted by Gasteiger charge is -2.38. The molecule has 1 amide bonds. The van der Waals surface area contributed by atoms with Crippen LogP contribution in [0.5, 0.6) is 0 Å². The molecule has 0 bridgehead atoms. The number of carbonyl (C=O) groups excluding carboxylic acids is 2. The smallest absolute Gasteiger partial charge is 0.234 e.